The largest absolute Gasteiger partial charge is 0.496 e. The first-order valence-corrected chi connectivity index (χ1v) is 4.06. The number of benzene rings is 1. The molecule has 0 saturated carbocycles. The zero-order chi connectivity index (χ0) is 8.97. The highest BCUT2D eigenvalue weighted by Crippen LogP contribution is 2.18. The Balaban J connectivity index is 3.10. The van der Waals surface area contributed by atoms with Crippen molar-refractivity contribution < 1.29 is 4.74 Å². The predicted molar refractivity (Wildman–Crippen MR) is 51.8 cm³/mol. The van der Waals surface area contributed by atoms with E-state index in [9.17, 15) is 0 Å². The minimum atomic E-state index is 0.938. The topological polar surface area (TPSA) is 9.23 Å². The zero-order valence-corrected chi connectivity index (χ0v) is 7.79. The molecule has 1 rings (SSSR count). The van der Waals surface area contributed by atoms with Gasteiger partial charge >= 0.3 is 0 Å². The van der Waals surface area contributed by atoms with Crippen LogP contribution in [0.5, 0.6) is 0 Å². The Labute approximate surface area is 73.7 Å². The van der Waals surface area contributed by atoms with E-state index in [1.54, 1.807) is 7.11 Å². The van der Waals surface area contributed by atoms with E-state index in [2.05, 4.69) is 19.1 Å². The Morgan fingerprint density at radius 1 is 1.33 bits per heavy atom. The normalized spacial score (nSPS) is 11.4. The molecule has 0 radical (unpaired) electrons. The highest BCUT2D eigenvalue weighted by atomic mass is 16.5. The van der Waals surface area contributed by atoms with Crippen LogP contribution in [0, 0.1) is 6.92 Å². The van der Waals surface area contributed by atoms with Gasteiger partial charge in [0.1, 0.15) is 5.76 Å². The Hall–Kier alpha value is -1.24. The van der Waals surface area contributed by atoms with Gasteiger partial charge in [-0.1, -0.05) is 24.3 Å². The molecule has 0 aromatic heterocycles. The molecular weight excluding hydrogens is 148 g/mol. The quantitative estimate of drug-likeness (QED) is 0.607. The molecule has 1 aromatic rings. The first-order valence-electron chi connectivity index (χ1n) is 4.06. The molecule has 0 aliphatic carbocycles. The standard InChI is InChI=1S/C11H14O/c1-4-11(12-3)10-8-6-5-7-9(10)2/h4-8H,1-3H3/b11-4-. The molecule has 0 heterocycles. The first kappa shape index (κ1) is 8.85. The number of hydrogen-bond acceptors (Lipinski definition) is 1. The lowest BCUT2D eigenvalue weighted by molar-refractivity contribution is 0.369. The fourth-order valence-corrected chi connectivity index (χ4v) is 1.23. The molecule has 64 valence electrons. The number of aryl methyl sites for hydroxylation is 1. The van der Waals surface area contributed by atoms with Crippen LogP contribution in [0.25, 0.3) is 5.76 Å². The molecule has 1 nitrogen and oxygen atoms in total. The van der Waals surface area contributed by atoms with E-state index in [4.69, 9.17) is 4.74 Å². The van der Waals surface area contributed by atoms with Gasteiger partial charge in [0.15, 0.2) is 0 Å². The molecule has 12 heavy (non-hydrogen) atoms. The summed E-state index contributed by atoms with van der Waals surface area (Å²) in [4.78, 5) is 0. The van der Waals surface area contributed by atoms with Crippen LogP contribution >= 0.6 is 0 Å². The molecule has 1 aromatic carbocycles. The van der Waals surface area contributed by atoms with E-state index >= 15 is 0 Å². The van der Waals surface area contributed by atoms with Crippen LogP contribution in [-0.2, 0) is 4.74 Å². The molecule has 0 saturated heterocycles. The van der Waals surface area contributed by atoms with Crippen LogP contribution in [0.3, 0.4) is 0 Å². The summed E-state index contributed by atoms with van der Waals surface area (Å²) in [5.74, 6) is 0.938. The molecular formula is C11H14O. The summed E-state index contributed by atoms with van der Waals surface area (Å²) in [6, 6.07) is 8.19. The van der Waals surface area contributed by atoms with Crippen LogP contribution in [0.15, 0.2) is 30.3 Å². The van der Waals surface area contributed by atoms with Gasteiger partial charge in [0.2, 0.25) is 0 Å². The maximum Gasteiger partial charge on any atom is 0.122 e. The van der Waals surface area contributed by atoms with Crippen LogP contribution in [0.1, 0.15) is 18.1 Å². The van der Waals surface area contributed by atoms with Crippen molar-refractivity contribution in [2.75, 3.05) is 7.11 Å². The van der Waals surface area contributed by atoms with Gasteiger partial charge in [-0.25, -0.2) is 0 Å². The molecule has 0 bridgehead atoms. The van der Waals surface area contributed by atoms with Gasteiger partial charge in [0.05, 0.1) is 7.11 Å². The maximum absolute atomic E-state index is 5.23. The summed E-state index contributed by atoms with van der Waals surface area (Å²) in [6.07, 6.45) is 1.97. The Morgan fingerprint density at radius 3 is 2.50 bits per heavy atom. The molecule has 0 amide bonds. The summed E-state index contributed by atoms with van der Waals surface area (Å²) < 4.78 is 5.23. The highest BCUT2D eigenvalue weighted by molar-refractivity contribution is 5.62. The second kappa shape index (κ2) is 3.96. The van der Waals surface area contributed by atoms with Crippen LogP contribution in [-0.4, -0.2) is 7.11 Å². The predicted octanol–water partition coefficient (Wildman–Crippen LogP) is 3.00. The number of rotatable bonds is 2. The molecule has 0 N–H and O–H groups in total. The second-order valence-corrected chi connectivity index (χ2v) is 2.67. The molecule has 0 aliphatic rings. The highest BCUT2D eigenvalue weighted by Gasteiger charge is 2.01. The zero-order valence-electron chi connectivity index (χ0n) is 7.79. The lowest BCUT2D eigenvalue weighted by Crippen LogP contribution is -1.89. The van der Waals surface area contributed by atoms with Crippen LogP contribution in [0.2, 0.25) is 0 Å². The van der Waals surface area contributed by atoms with Crippen molar-refractivity contribution in [1.82, 2.24) is 0 Å². The van der Waals surface area contributed by atoms with E-state index in [1.807, 2.05) is 25.1 Å². The van der Waals surface area contributed by atoms with Crippen molar-refractivity contribution in [2.24, 2.45) is 0 Å². The van der Waals surface area contributed by atoms with Crippen molar-refractivity contribution in [2.45, 2.75) is 13.8 Å². The average molecular weight is 162 g/mol. The Kier molecular flexibility index (Phi) is 2.92. The summed E-state index contributed by atoms with van der Waals surface area (Å²) in [5.41, 5.74) is 2.41. The average Bonchev–Trinajstić information content (AvgIpc) is 2.10. The van der Waals surface area contributed by atoms with Gasteiger partial charge in [-0.3, -0.25) is 0 Å². The van der Waals surface area contributed by atoms with Crippen molar-refractivity contribution in [3.05, 3.63) is 41.5 Å². The van der Waals surface area contributed by atoms with Crippen LogP contribution in [0.4, 0.5) is 0 Å². The Morgan fingerprint density at radius 2 is 2.00 bits per heavy atom. The number of methoxy groups -OCH3 is 1. The van der Waals surface area contributed by atoms with E-state index in [0.29, 0.717) is 0 Å². The van der Waals surface area contributed by atoms with Crippen molar-refractivity contribution in [3.63, 3.8) is 0 Å². The molecule has 0 aliphatic heterocycles. The lowest BCUT2D eigenvalue weighted by Gasteiger charge is -2.07. The van der Waals surface area contributed by atoms with Gasteiger partial charge in [0, 0.05) is 5.56 Å². The molecule has 0 fully saturated rings. The molecule has 1 heteroatoms. The van der Waals surface area contributed by atoms with Gasteiger partial charge in [-0.15, -0.1) is 0 Å². The van der Waals surface area contributed by atoms with Gasteiger partial charge in [0.25, 0.3) is 0 Å². The van der Waals surface area contributed by atoms with Gasteiger partial charge in [-0.2, -0.15) is 0 Å². The second-order valence-electron chi connectivity index (χ2n) is 2.67. The Bertz CT molecular complexity index is 287. The number of hydrogen-bond donors (Lipinski definition) is 0. The van der Waals surface area contributed by atoms with Crippen molar-refractivity contribution >= 4 is 5.76 Å². The number of ether oxygens (including phenoxy) is 1. The summed E-state index contributed by atoms with van der Waals surface area (Å²) in [5, 5.41) is 0. The minimum absolute atomic E-state index is 0.938. The van der Waals surface area contributed by atoms with Crippen molar-refractivity contribution in [3.8, 4) is 0 Å². The smallest absolute Gasteiger partial charge is 0.122 e. The summed E-state index contributed by atoms with van der Waals surface area (Å²) in [7, 11) is 1.70. The monoisotopic (exact) mass is 162 g/mol. The lowest BCUT2D eigenvalue weighted by atomic mass is 10.1. The van der Waals surface area contributed by atoms with E-state index in [-0.39, 0.29) is 0 Å². The minimum Gasteiger partial charge on any atom is -0.496 e. The number of allylic oxidation sites excluding steroid dienone is 1. The third-order valence-electron chi connectivity index (χ3n) is 1.89. The molecule has 0 unspecified atom stereocenters. The molecule has 0 spiro atoms. The van der Waals surface area contributed by atoms with E-state index in [0.717, 1.165) is 5.76 Å². The van der Waals surface area contributed by atoms with E-state index < -0.39 is 0 Å². The summed E-state index contributed by atoms with van der Waals surface area (Å²) in [6.45, 7) is 4.06. The fraction of sp³-hybridized carbons (Fsp3) is 0.273. The maximum atomic E-state index is 5.23. The summed E-state index contributed by atoms with van der Waals surface area (Å²) >= 11 is 0. The molecule has 0 atom stereocenters. The third-order valence-corrected chi connectivity index (χ3v) is 1.89. The van der Waals surface area contributed by atoms with Gasteiger partial charge < -0.3 is 4.74 Å². The first-order chi connectivity index (χ1) is 5.79. The van der Waals surface area contributed by atoms with E-state index in [1.165, 1.54) is 11.1 Å². The van der Waals surface area contributed by atoms with Crippen molar-refractivity contribution in [1.29, 1.82) is 0 Å². The third kappa shape index (κ3) is 1.67. The van der Waals surface area contributed by atoms with Crippen LogP contribution < -0.4 is 0 Å². The SMILES string of the molecule is C/C=C(\OC)c1ccccc1C. The fourth-order valence-electron chi connectivity index (χ4n) is 1.23. The van der Waals surface area contributed by atoms with Gasteiger partial charge in [-0.05, 0) is 25.5 Å².